The zero-order chi connectivity index (χ0) is 6.43. The second-order valence-corrected chi connectivity index (χ2v) is 3.22. The lowest BCUT2D eigenvalue weighted by molar-refractivity contribution is 0.792. The van der Waals surface area contributed by atoms with E-state index in [0.29, 0.717) is 0 Å². The molecule has 0 heteroatoms. The van der Waals surface area contributed by atoms with Crippen LogP contribution in [0.5, 0.6) is 0 Å². The van der Waals surface area contributed by atoms with Crippen molar-refractivity contribution in [3.63, 3.8) is 0 Å². The maximum absolute atomic E-state index is 2.36. The fourth-order valence-corrected chi connectivity index (χ4v) is 1.73. The monoisotopic (exact) mass is 120 g/mol. The van der Waals surface area contributed by atoms with Crippen molar-refractivity contribution in [3.8, 4) is 0 Å². The van der Waals surface area contributed by atoms with Gasteiger partial charge in [-0.15, -0.1) is 0 Å². The third kappa shape index (κ3) is 0.658. The number of hydrogen-bond acceptors (Lipinski definition) is 0. The van der Waals surface area contributed by atoms with Gasteiger partial charge in [0.25, 0.3) is 0 Å². The molecule has 0 bridgehead atoms. The van der Waals surface area contributed by atoms with Crippen LogP contribution in [-0.4, -0.2) is 0 Å². The van der Waals surface area contributed by atoms with Gasteiger partial charge in [0.2, 0.25) is 0 Å². The lowest BCUT2D eigenvalue weighted by Gasteiger charge is -2.05. The predicted octanol–water partition coefficient (Wildman–Crippen LogP) is 2.67. The van der Waals surface area contributed by atoms with Crippen LogP contribution in [0.15, 0.2) is 22.8 Å². The van der Waals surface area contributed by atoms with Crippen molar-refractivity contribution >= 4 is 0 Å². The fourth-order valence-electron chi connectivity index (χ4n) is 1.73. The largest absolute Gasteiger partial charge is 0.0815 e. The molecular weight excluding hydrogens is 108 g/mol. The lowest BCUT2D eigenvalue weighted by atomic mass is 9.99. The third-order valence-electron chi connectivity index (χ3n) is 2.56. The zero-order valence-electron chi connectivity index (χ0n) is 6.07. The Kier molecular flexibility index (Phi) is 0.879. The Balaban J connectivity index is 2.16. The van der Waals surface area contributed by atoms with E-state index in [1.807, 2.05) is 0 Å². The van der Waals surface area contributed by atoms with Crippen LogP contribution in [0.1, 0.15) is 26.7 Å². The Hall–Kier alpha value is -0.520. The zero-order valence-corrected chi connectivity index (χ0v) is 6.07. The van der Waals surface area contributed by atoms with Crippen LogP contribution < -0.4 is 0 Å². The van der Waals surface area contributed by atoms with Crippen LogP contribution in [0.3, 0.4) is 0 Å². The first-order valence-electron chi connectivity index (χ1n) is 3.64. The Bertz CT molecular complexity index is 206. The maximum atomic E-state index is 2.36. The van der Waals surface area contributed by atoms with E-state index in [1.165, 1.54) is 12.8 Å². The van der Waals surface area contributed by atoms with Crippen LogP contribution in [-0.2, 0) is 0 Å². The summed E-state index contributed by atoms with van der Waals surface area (Å²) < 4.78 is 0. The average molecular weight is 120 g/mol. The molecule has 0 fully saturated rings. The molecule has 0 spiro atoms. The van der Waals surface area contributed by atoms with Gasteiger partial charge in [0.15, 0.2) is 0 Å². The minimum absolute atomic E-state index is 0.912. The normalized spacial score (nSPS) is 31.8. The van der Waals surface area contributed by atoms with Gasteiger partial charge in [0.05, 0.1) is 0 Å². The summed E-state index contributed by atoms with van der Waals surface area (Å²) in [6, 6.07) is 0. The second-order valence-electron chi connectivity index (χ2n) is 3.22. The second kappa shape index (κ2) is 1.50. The van der Waals surface area contributed by atoms with Crippen LogP contribution in [0.2, 0.25) is 0 Å². The molecule has 0 heterocycles. The van der Waals surface area contributed by atoms with Gasteiger partial charge in [0, 0.05) is 5.92 Å². The van der Waals surface area contributed by atoms with Gasteiger partial charge in [-0.3, -0.25) is 0 Å². The Morgan fingerprint density at radius 3 is 2.78 bits per heavy atom. The highest BCUT2D eigenvalue weighted by Gasteiger charge is 2.33. The summed E-state index contributed by atoms with van der Waals surface area (Å²) in [5.41, 5.74) is 4.98. The van der Waals surface area contributed by atoms with Gasteiger partial charge >= 0.3 is 0 Å². The van der Waals surface area contributed by atoms with Crippen molar-refractivity contribution in [2.24, 2.45) is 5.92 Å². The summed E-state index contributed by atoms with van der Waals surface area (Å²) >= 11 is 0. The summed E-state index contributed by atoms with van der Waals surface area (Å²) in [6.07, 6.45) is 4.94. The van der Waals surface area contributed by atoms with Gasteiger partial charge in [0.1, 0.15) is 0 Å². The third-order valence-corrected chi connectivity index (χ3v) is 2.56. The summed E-state index contributed by atoms with van der Waals surface area (Å²) in [4.78, 5) is 0. The smallest absolute Gasteiger partial charge is 0.00501 e. The van der Waals surface area contributed by atoms with Crippen molar-refractivity contribution < 1.29 is 0 Å². The van der Waals surface area contributed by atoms with Crippen LogP contribution in [0.25, 0.3) is 0 Å². The molecule has 0 saturated heterocycles. The summed E-state index contributed by atoms with van der Waals surface area (Å²) in [5, 5.41) is 0. The standard InChI is InChI=1S/C9H12/c1-6-3-4-8-7(2)9(8)5-6/h3,9H,4-5H2,1-2H3. The number of hydrogen-bond donors (Lipinski definition) is 0. The number of fused-ring (bicyclic) bond motifs is 1. The molecule has 48 valence electrons. The van der Waals surface area contributed by atoms with Crippen molar-refractivity contribution in [1.29, 1.82) is 0 Å². The molecule has 0 N–H and O–H groups in total. The van der Waals surface area contributed by atoms with Gasteiger partial charge in [-0.1, -0.05) is 22.8 Å². The van der Waals surface area contributed by atoms with Crippen molar-refractivity contribution in [2.45, 2.75) is 26.7 Å². The van der Waals surface area contributed by atoms with Gasteiger partial charge in [-0.05, 0) is 26.7 Å². The first-order valence-corrected chi connectivity index (χ1v) is 3.64. The van der Waals surface area contributed by atoms with Crippen LogP contribution in [0.4, 0.5) is 0 Å². The summed E-state index contributed by atoms with van der Waals surface area (Å²) in [6.45, 7) is 4.51. The quantitative estimate of drug-likeness (QED) is 0.431. The number of allylic oxidation sites excluding steroid dienone is 4. The van der Waals surface area contributed by atoms with E-state index < -0.39 is 0 Å². The molecule has 2 aliphatic rings. The first-order chi connectivity index (χ1) is 4.29. The SMILES string of the molecule is CC1=CCC2=C(C)C2C1. The van der Waals surface area contributed by atoms with Crippen LogP contribution >= 0.6 is 0 Å². The minimum atomic E-state index is 0.912. The molecule has 0 nitrogen and oxygen atoms in total. The fraction of sp³-hybridized carbons (Fsp3) is 0.556. The van der Waals surface area contributed by atoms with Crippen molar-refractivity contribution in [1.82, 2.24) is 0 Å². The highest BCUT2D eigenvalue weighted by Crippen LogP contribution is 2.48. The Morgan fingerprint density at radius 1 is 1.44 bits per heavy atom. The summed E-state index contributed by atoms with van der Waals surface area (Å²) in [5.74, 6) is 0.912. The molecule has 0 radical (unpaired) electrons. The first kappa shape index (κ1) is 5.28. The van der Waals surface area contributed by atoms with Crippen LogP contribution in [0, 0.1) is 5.92 Å². The van der Waals surface area contributed by atoms with E-state index in [2.05, 4.69) is 19.9 Å². The highest BCUT2D eigenvalue weighted by molar-refractivity contribution is 5.45. The average Bonchev–Trinajstić information content (AvgIpc) is 2.43. The predicted molar refractivity (Wildman–Crippen MR) is 39.2 cm³/mol. The van der Waals surface area contributed by atoms with E-state index in [-0.39, 0.29) is 0 Å². The summed E-state index contributed by atoms with van der Waals surface area (Å²) in [7, 11) is 0. The molecule has 1 atom stereocenters. The molecule has 0 amide bonds. The Labute approximate surface area is 56.3 Å². The van der Waals surface area contributed by atoms with Gasteiger partial charge < -0.3 is 0 Å². The van der Waals surface area contributed by atoms with Crippen molar-refractivity contribution in [3.05, 3.63) is 22.8 Å². The molecule has 0 aromatic heterocycles. The van der Waals surface area contributed by atoms with E-state index in [0.717, 1.165) is 5.92 Å². The Morgan fingerprint density at radius 2 is 2.22 bits per heavy atom. The molecule has 9 heavy (non-hydrogen) atoms. The van der Waals surface area contributed by atoms with Crippen molar-refractivity contribution in [2.75, 3.05) is 0 Å². The molecular formula is C9H12. The molecule has 1 unspecified atom stereocenters. The molecule has 2 rings (SSSR count). The maximum Gasteiger partial charge on any atom is 0.00501 e. The van der Waals surface area contributed by atoms with Gasteiger partial charge in [-0.2, -0.15) is 0 Å². The minimum Gasteiger partial charge on any atom is -0.0815 e. The number of rotatable bonds is 0. The molecule has 0 aliphatic heterocycles. The van der Waals surface area contributed by atoms with Gasteiger partial charge in [-0.25, -0.2) is 0 Å². The van der Waals surface area contributed by atoms with E-state index in [1.54, 1.807) is 16.7 Å². The topological polar surface area (TPSA) is 0 Å². The molecule has 0 aromatic carbocycles. The molecule has 0 aromatic rings. The molecule has 2 aliphatic carbocycles. The van der Waals surface area contributed by atoms with E-state index >= 15 is 0 Å². The highest BCUT2D eigenvalue weighted by atomic mass is 14.4. The molecule has 0 saturated carbocycles. The van der Waals surface area contributed by atoms with E-state index in [4.69, 9.17) is 0 Å². The lowest BCUT2D eigenvalue weighted by Crippen LogP contribution is -1.90. The van der Waals surface area contributed by atoms with E-state index in [9.17, 15) is 0 Å².